The molecule has 0 aromatic rings. The van der Waals surface area contributed by atoms with E-state index >= 15 is 0 Å². The van der Waals surface area contributed by atoms with Crippen LogP contribution >= 0.6 is 0 Å². The maximum atomic E-state index is 10.5. The maximum absolute atomic E-state index is 10.5. The number of aliphatic hydroxyl groups excluding tert-OH is 1. The minimum Gasteiger partial charge on any atom is -0.481 e. The number of rotatable bonds is 13. The fourth-order valence-electron chi connectivity index (χ4n) is 2.25. The fraction of sp³-hybridized carbons (Fsp3) is 0.933. The molecule has 18 heavy (non-hydrogen) atoms. The lowest BCUT2D eigenvalue weighted by Crippen LogP contribution is -2.11. The third-order valence-electron chi connectivity index (χ3n) is 3.44. The summed E-state index contributed by atoms with van der Waals surface area (Å²) in [5, 5.41) is 17.7. The summed E-state index contributed by atoms with van der Waals surface area (Å²) in [6, 6.07) is 0. The lowest BCUT2D eigenvalue weighted by Gasteiger charge is -2.10. The second-order valence-corrected chi connectivity index (χ2v) is 5.26. The Morgan fingerprint density at radius 3 is 1.89 bits per heavy atom. The summed E-state index contributed by atoms with van der Waals surface area (Å²) >= 11 is 0. The van der Waals surface area contributed by atoms with E-state index in [4.69, 9.17) is 10.2 Å². The summed E-state index contributed by atoms with van der Waals surface area (Å²) in [5.41, 5.74) is 0. The highest BCUT2D eigenvalue weighted by Gasteiger charge is 2.11. The van der Waals surface area contributed by atoms with Crippen molar-refractivity contribution in [1.82, 2.24) is 0 Å². The van der Waals surface area contributed by atoms with E-state index in [2.05, 4.69) is 6.92 Å². The zero-order valence-electron chi connectivity index (χ0n) is 11.9. The van der Waals surface area contributed by atoms with Gasteiger partial charge in [0, 0.05) is 6.61 Å². The SMILES string of the molecule is CCCCCCCCCCCC(CO)CC(=O)O. The third kappa shape index (κ3) is 11.9. The van der Waals surface area contributed by atoms with E-state index in [0.29, 0.717) is 0 Å². The highest BCUT2D eigenvalue weighted by molar-refractivity contribution is 5.66. The van der Waals surface area contributed by atoms with Crippen LogP contribution in [0.25, 0.3) is 0 Å². The van der Waals surface area contributed by atoms with Gasteiger partial charge in [-0.05, 0) is 12.3 Å². The number of aliphatic hydroxyl groups is 1. The number of carboxylic acids is 1. The first kappa shape index (κ1) is 17.4. The van der Waals surface area contributed by atoms with Gasteiger partial charge in [-0.25, -0.2) is 0 Å². The summed E-state index contributed by atoms with van der Waals surface area (Å²) in [7, 11) is 0. The number of carbonyl (C=O) groups is 1. The first-order valence-electron chi connectivity index (χ1n) is 7.53. The van der Waals surface area contributed by atoms with Crippen LogP contribution in [-0.2, 0) is 4.79 Å². The van der Waals surface area contributed by atoms with Gasteiger partial charge in [0.25, 0.3) is 0 Å². The minimum atomic E-state index is -0.801. The molecule has 0 aliphatic heterocycles. The lowest BCUT2D eigenvalue weighted by atomic mass is 9.98. The molecule has 3 heteroatoms. The van der Waals surface area contributed by atoms with Crippen molar-refractivity contribution in [2.45, 2.75) is 77.6 Å². The lowest BCUT2D eigenvalue weighted by molar-refractivity contribution is -0.138. The Kier molecular flexibility index (Phi) is 12.5. The third-order valence-corrected chi connectivity index (χ3v) is 3.44. The van der Waals surface area contributed by atoms with Gasteiger partial charge in [0.2, 0.25) is 0 Å². The van der Waals surface area contributed by atoms with E-state index < -0.39 is 5.97 Å². The molecule has 3 nitrogen and oxygen atoms in total. The van der Waals surface area contributed by atoms with Gasteiger partial charge >= 0.3 is 5.97 Å². The van der Waals surface area contributed by atoms with Crippen LogP contribution in [0.15, 0.2) is 0 Å². The molecule has 0 fully saturated rings. The van der Waals surface area contributed by atoms with Gasteiger partial charge < -0.3 is 10.2 Å². The van der Waals surface area contributed by atoms with E-state index in [1.165, 1.54) is 51.4 Å². The standard InChI is InChI=1S/C15H30O3/c1-2-3-4-5-6-7-8-9-10-11-14(13-16)12-15(17)18/h14,16H,2-13H2,1H3,(H,17,18). The van der Waals surface area contributed by atoms with Gasteiger partial charge in [0.05, 0.1) is 6.42 Å². The molecule has 0 radical (unpaired) electrons. The molecular formula is C15H30O3. The summed E-state index contributed by atoms with van der Waals surface area (Å²) in [6.45, 7) is 2.23. The Hall–Kier alpha value is -0.570. The predicted molar refractivity (Wildman–Crippen MR) is 74.7 cm³/mol. The Morgan fingerprint density at radius 1 is 0.944 bits per heavy atom. The molecule has 0 aromatic heterocycles. The van der Waals surface area contributed by atoms with Crippen molar-refractivity contribution >= 4 is 5.97 Å². The van der Waals surface area contributed by atoms with Crippen LogP contribution in [0.4, 0.5) is 0 Å². The van der Waals surface area contributed by atoms with Crippen LogP contribution in [0.3, 0.4) is 0 Å². The van der Waals surface area contributed by atoms with Crippen molar-refractivity contribution in [2.24, 2.45) is 5.92 Å². The molecule has 0 aliphatic carbocycles. The predicted octanol–water partition coefficient (Wildman–Crippen LogP) is 3.99. The molecule has 1 unspecified atom stereocenters. The van der Waals surface area contributed by atoms with Crippen LogP contribution in [0, 0.1) is 5.92 Å². The smallest absolute Gasteiger partial charge is 0.303 e. The molecule has 0 amide bonds. The molecule has 0 aromatic carbocycles. The molecule has 2 N–H and O–H groups in total. The van der Waals surface area contributed by atoms with Crippen LogP contribution in [-0.4, -0.2) is 22.8 Å². The summed E-state index contributed by atoms with van der Waals surface area (Å²) in [4.78, 5) is 10.5. The Bertz CT molecular complexity index is 192. The van der Waals surface area contributed by atoms with Crippen molar-refractivity contribution in [2.75, 3.05) is 6.61 Å². The van der Waals surface area contributed by atoms with Gasteiger partial charge in [0.1, 0.15) is 0 Å². The summed E-state index contributed by atoms with van der Waals surface area (Å²) in [5.74, 6) is -0.850. The Balaban J connectivity index is 3.25. The topological polar surface area (TPSA) is 57.5 Å². The highest BCUT2D eigenvalue weighted by Crippen LogP contribution is 2.15. The Morgan fingerprint density at radius 2 is 1.44 bits per heavy atom. The number of carboxylic acid groups (broad SMARTS) is 1. The highest BCUT2D eigenvalue weighted by atomic mass is 16.4. The quantitative estimate of drug-likeness (QED) is 0.491. The fourth-order valence-corrected chi connectivity index (χ4v) is 2.25. The molecule has 1 atom stereocenters. The van der Waals surface area contributed by atoms with Crippen molar-refractivity contribution in [3.63, 3.8) is 0 Å². The molecule has 0 rings (SSSR count). The molecular weight excluding hydrogens is 228 g/mol. The average molecular weight is 258 g/mol. The first-order chi connectivity index (χ1) is 8.70. The van der Waals surface area contributed by atoms with Crippen molar-refractivity contribution in [1.29, 1.82) is 0 Å². The molecule has 0 spiro atoms. The first-order valence-corrected chi connectivity index (χ1v) is 7.53. The largest absolute Gasteiger partial charge is 0.481 e. The van der Waals surface area contributed by atoms with Crippen molar-refractivity contribution in [3.8, 4) is 0 Å². The molecule has 0 bridgehead atoms. The van der Waals surface area contributed by atoms with E-state index in [0.717, 1.165) is 12.8 Å². The molecule has 0 saturated carbocycles. The van der Waals surface area contributed by atoms with Crippen LogP contribution in [0.5, 0.6) is 0 Å². The van der Waals surface area contributed by atoms with Gasteiger partial charge in [0.15, 0.2) is 0 Å². The maximum Gasteiger partial charge on any atom is 0.303 e. The zero-order chi connectivity index (χ0) is 13.6. The molecule has 0 aliphatic rings. The normalized spacial score (nSPS) is 12.6. The van der Waals surface area contributed by atoms with E-state index in [9.17, 15) is 4.79 Å². The van der Waals surface area contributed by atoms with Gasteiger partial charge in [-0.15, -0.1) is 0 Å². The van der Waals surface area contributed by atoms with Gasteiger partial charge in [-0.1, -0.05) is 64.7 Å². The number of hydrogen-bond acceptors (Lipinski definition) is 2. The number of unbranched alkanes of at least 4 members (excludes halogenated alkanes) is 8. The van der Waals surface area contributed by atoms with Crippen molar-refractivity contribution < 1.29 is 15.0 Å². The van der Waals surface area contributed by atoms with Gasteiger partial charge in [-0.3, -0.25) is 4.79 Å². The van der Waals surface area contributed by atoms with Gasteiger partial charge in [-0.2, -0.15) is 0 Å². The number of hydrogen-bond donors (Lipinski definition) is 2. The van der Waals surface area contributed by atoms with Crippen LogP contribution in [0.1, 0.15) is 77.6 Å². The monoisotopic (exact) mass is 258 g/mol. The molecule has 108 valence electrons. The number of aliphatic carboxylic acids is 1. The molecule has 0 heterocycles. The van der Waals surface area contributed by atoms with E-state index in [-0.39, 0.29) is 18.9 Å². The van der Waals surface area contributed by atoms with Crippen LogP contribution in [0.2, 0.25) is 0 Å². The second-order valence-electron chi connectivity index (χ2n) is 5.26. The van der Waals surface area contributed by atoms with E-state index in [1.54, 1.807) is 0 Å². The zero-order valence-corrected chi connectivity index (χ0v) is 11.9. The Labute approximate surface area is 112 Å². The van der Waals surface area contributed by atoms with Crippen LogP contribution < -0.4 is 0 Å². The summed E-state index contributed by atoms with van der Waals surface area (Å²) in [6.07, 6.45) is 12.4. The summed E-state index contributed by atoms with van der Waals surface area (Å²) < 4.78 is 0. The van der Waals surface area contributed by atoms with Crippen molar-refractivity contribution in [3.05, 3.63) is 0 Å². The van der Waals surface area contributed by atoms with E-state index in [1.807, 2.05) is 0 Å². The second kappa shape index (κ2) is 12.9. The molecule has 0 saturated heterocycles. The minimum absolute atomic E-state index is 0.00329. The average Bonchev–Trinajstić information content (AvgIpc) is 2.35.